The first kappa shape index (κ1) is 18.2. The summed E-state index contributed by atoms with van der Waals surface area (Å²) in [6.45, 7) is 10.1. The zero-order chi connectivity index (χ0) is 16.7. The van der Waals surface area contributed by atoms with Gasteiger partial charge in [0, 0.05) is 44.4 Å². The molecule has 0 bridgehead atoms. The first-order chi connectivity index (χ1) is 11.1. The maximum Gasteiger partial charge on any atom is 0.123 e. The number of nitrogens with zero attached hydrogens (tertiary/aromatic N) is 2. The van der Waals surface area contributed by atoms with Crippen LogP contribution in [-0.4, -0.2) is 60.8 Å². The molecule has 0 aliphatic carbocycles. The first-order valence-electron chi connectivity index (χ1n) is 8.83. The molecule has 1 atom stereocenters. The Labute approximate surface area is 141 Å². The van der Waals surface area contributed by atoms with Crippen molar-refractivity contribution in [2.75, 3.05) is 39.9 Å². The summed E-state index contributed by atoms with van der Waals surface area (Å²) < 4.78 is 5.47. The molecule has 4 nitrogen and oxygen atoms in total. The maximum atomic E-state index is 9.41. The molecule has 1 saturated heterocycles. The highest BCUT2D eigenvalue weighted by atomic mass is 16.5. The largest absolute Gasteiger partial charge is 0.496 e. The molecular weight excluding hydrogens is 288 g/mol. The first-order valence-corrected chi connectivity index (χ1v) is 8.83. The van der Waals surface area contributed by atoms with Crippen molar-refractivity contribution in [3.63, 3.8) is 0 Å². The molecule has 4 heteroatoms. The Morgan fingerprint density at radius 1 is 1.26 bits per heavy atom. The molecule has 130 valence electrons. The van der Waals surface area contributed by atoms with Crippen LogP contribution < -0.4 is 4.74 Å². The maximum absolute atomic E-state index is 9.41. The van der Waals surface area contributed by atoms with Crippen LogP contribution >= 0.6 is 0 Å². The minimum Gasteiger partial charge on any atom is -0.496 e. The van der Waals surface area contributed by atoms with Crippen LogP contribution in [0.5, 0.6) is 5.75 Å². The van der Waals surface area contributed by atoms with Crippen LogP contribution in [0.25, 0.3) is 0 Å². The lowest BCUT2D eigenvalue weighted by Crippen LogP contribution is -2.53. The van der Waals surface area contributed by atoms with Gasteiger partial charge in [0.05, 0.1) is 7.11 Å². The summed E-state index contributed by atoms with van der Waals surface area (Å²) in [5, 5.41) is 9.41. The van der Waals surface area contributed by atoms with Gasteiger partial charge in [-0.1, -0.05) is 32.0 Å². The topological polar surface area (TPSA) is 35.9 Å². The highest BCUT2D eigenvalue weighted by Crippen LogP contribution is 2.22. The van der Waals surface area contributed by atoms with E-state index in [0.29, 0.717) is 6.04 Å². The van der Waals surface area contributed by atoms with Gasteiger partial charge in [0.2, 0.25) is 0 Å². The van der Waals surface area contributed by atoms with Gasteiger partial charge in [-0.25, -0.2) is 0 Å². The van der Waals surface area contributed by atoms with E-state index in [-0.39, 0.29) is 6.61 Å². The summed E-state index contributed by atoms with van der Waals surface area (Å²) in [5.74, 6) is 1.70. The molecule has 2 rings (SSSR count). The third-order valence-electron chi connectivity index (χ3n) is 4.73. The molecule has 0 amide bonds. The minimum atomic E-state index is 0.269. The van der Waals surface area contributed by atoms with Gasteiger partial charge >= 0.3 is 0 Å². The van der Waals surface area contributed by atoms with Gasteiger partial charge in [-0.3, -0.25) is 9.80 Å². The third-order valence-corrected chi connectivity index (χ3v) is 4.73. The zero-order valence-corrected chi connectivity index (χ0v) is 14.9. The van der Waals surface area contributed by atoms with E-state index < -0.39 is 0 Å². The molecule has 1 heterocycles. The average molecular weight is 320 g/mol. The fourth-order valence-corrected chi connectivity index (χ4v) is 3.32. The lowest BCUT2D eigenvalue weighted by Gasteiger charge is -2.42. The molecule has 0 radical (unpaired) electrons. The normalized spacial score (nSPS) is 20.1. The number of piperazine rings is 1. The van der Waals surface area contributed by atoms with Crippen LogP contribution in [0, 0.1) is 5.92 Å². The van der Waals surface area contributed by atoms with Gasteiger partial charge in [-0.2, -0.15) is 0 Å². The van der Waals surface area contributed by atoms with Gasteiger partial charge in [-0.15, -0.1) is 0 Å². The molecule has 1 aromatic carbocycles. The number of aliphatic hydroxyl groups is 1. The van der Waals surface area contributed by atoms with E-state index in [4.69, 9.17) is 4.74 Å². The standard InChI is InChI=1S/C19H32N2O2/c1-16(2)8-10-21-12-11-20(15-18(21)9-13-22)14-17-6-4-5-7-19(17)23-3/h4-7,16,18,22H,8-15H2,1-3H3. The molecule has 23 heavy (non-hydrogen) atoms. The van der Waals surface area contributed by atoms with Crippen LogP contribution in [0.4, 0.5) is 0 Å². The Morgan fingerprint density at radius 3 is 2.74 bits per heavy atom. The number of benzene rings is 1. The van der Waals surface area contributed by atoms with Crippen LogP contribution in [-0.2, 0) is 6.54 Å². The van der Waals surface area contributed by atoms with Crippen molar-refractivity contribution >= 4 is 0 Å². The smallest absolute Gasteiger partial charge is 0.123 e. The fourth-order valence-electron chi connectivity index (χ4n) is 3.32. The Balaban J connectivity index is 1.95. The summed E-state index contributed by atoms with van der Waals surface area (Å²) in [5.41, 5.74) is 1.24. The molecule has 1 unspecified atom stereocenters. The van der Waals surface area contributed by atoms with Crippen LogP contribution in [0.15, 0.2) is 24.3 Å². The van der Waals surface area contributed by atoms with Gasteiger partial charge < -0.3 is 9.84 Å². The molecule has 1 fully saturated rings. The van der Waals surface area contributed by atoms with E-state index in [1.807, 2.05) is 12.1 Å². The van der Waals surface area contributed by atoms with E-state index in [9.17, 15) is 5.11 Å². The molecule has 1 aliphatic heterocycles. The minimum absolute atomic E-state index is 0.269. The number of aliphatic hydroxyl groups excluding tert-OH is 1. The van der Waals surface area contributed by atoms with E-state index in [1.54, 1.807) is 7.11 Å². The summed E-state index contributed by atoms with van der Waals surface area (Å²) in [4.78, 5) is 5.05. The van der Waals surface area contributed by atoms with Crippen LogP contribution in [0.1, 0.15) is 32.3 Å². The lowest BCUT2D eigenvalue weighted by atomic mass is 10.0. The quantitative estimate of drug-likeness (QED) is 0.799. The van der Waals surface area contributed by atoms with Crippen LogP contribution in [0.3, 0.4) is 0 Å². The average Bonchev–Trinajstić information content (AvgIpc) is 2.55. The number of rotatable bonds is 8. The number of hydrogen-bond donors (Lipinski definition) is 1. The van der Waals surface area contributed by atoms with Crippen molar-refractivity contribution < 1.29 is 9.84 Å². The summed E-state index contributed by atoms with van der Waals surface area (Å²) in [6.07, 6.45) is 2.09. The number of hydrogen-bond acceptors (Lipinski definition) is 4. The molecule has 1 aliphatic rings. The Hall–Kier alpha value is -1.10. The fraction of sp³-hybridized carbons (Fsp3) is 0.684. The van der Waals surface area contributed by atoms with E-state index in [2.05, 4.69) is 35.8 Å². The van der Waals surface area contributed by atoms with Gasteiger partial charge in [0.1, 0.15) is 5.75 Å². The van der Waals surface area contributed by atoms with Crippen molar-refractivity contribution in [3.8, 4) is 5.75 Å². The summed E-state index contributed by atoms with van der Waals surface area (Å²) in [6, 6.07) is 8.72. The van der Waals surface area contributed by atoms with E-state index in [1.165, 1.54) is 12.0 Å². The Morgan fingerprint density at radius 2 is 2.04 bits per heavy atom. The summed E-state index contributed by atoms with van der Waals surface area (Å²) >= 11 is 0. The Bertz CT molecular complexity index is 464. The molecule has 0 aromatic heterocycles. The molecule has 0 saturated carbocycles. The van der Waals surface area contributed by atoms with Crippen molar-refractivity contribution in [1.29, 1.82) is 0 Å². The van der Waals surface area contributed by atoms with Crippen LogP contribution in [0.2, 0.25) is 0 Å². The SMILES string of the molecule is COc1ccccc1CN1CCN(CCC(C)C)C(CCO)C1. The second-order valence-corrected chi connectivity index (χ2v) is 6.93. The Kier molecular flexibility index (Phi) is 7.34. The third kappa shape index (κ3) is 5.48. The van der Waals surface area contributed by atoms with Crippen molar-refractivity contribution in [2.24, 2.45) is 5.92 Å². The summed E-state index contributed by atoms with van der Waals surface area (Å²) in [7, 11) is 1.73. The number of methoxy groups -OCH3 is 1. The zero-order valence-electron chi connectivity index (χ0n) is 14.9. The number of ether oxygens (including phenoxy) is 1. The van der Waals surface area contributed by atoms with Gasteiger partial charge in [-0.05, 0) is 31.4 Å². The number of para-hydroxylation sites is 1. The highest BCUT2D eigenvalue weighted by Gasteiger charge is 2.26. The van der Waals surface area contributed by atoms with E-state index >= 15 is 0 Å². The monoisotopic (exact) mass is 320 g/mol. The molecule has 1 N–H and O–H groups in total. The molecular formula is C19H32N2O2. The van der Waals surface area contributed by atoms with E-state index in [0.717, 1.165) is 50.8 Å². The molecule has 1 aromatic rings. The van der Waals surface area contributed by atoms with Crippen molar-refractivity contribution in [1.82, 2.24) is 9.80 Å². The predicted octanol–water partition coefficient (Wildman–Crippen LogP) is 2.61. The van der Waals surface area contributed by atoms with Crippen molar-refractivity contribution in [3.05, 3.63) is 29.8 Å². The predicted molar refractivity (Wildman–Crippen MR) is 94.8 cm³/mol. The molecule has 0 spiro atoms. The lowest BCUT2D eigenvalue weighted by molar-refractivity contribution is 0.0520. The van der Waals surface area contributed by atoms with Crippen molar-refractivity contribution in [2.45, 2.75) is 39.3 Å². The van der Waals surface area contributed by atoms with Gasteiger partial charge in [0.15, 0.2) is 0 Å². The highest BCUT2D eigenvalue weighted by molar-refractivity contribution is 5.33. The van der Waals surface area contributed by atoms with Gasteiger partial charge in [0.25, 0.3) is 0 Å². The second-order valence-electron chi connectivity index (χ2n) is 6.93. The second kappa shape index (κ2) is 9.26.